The average molecular weight is 436 g/mol. The van der Waals surface area contributed by atoms with Crippen molar-refractivity contribution in [3.8, 4) is 0 Å². The van der Waals surface area contributed by atoms with E-state index in [1.807, 2.05) is 18.7 Å². The lowest BCUT2D eigenvalue weighted by molar-refractivity contribution is -0.131. The zero-order valence-corrected chi connectivity index (χ0v) is 17.8. The van der Waals surface area contributed by atoms with Crippen molar-refractivity contribution in [3.63, 3.8) is 0 Å². The highest BCUT2D eigenvalue weighted by atomic mass is 32.2. The first-order valence-corrected chi connectivity index (χ1v) is 11.6. The van der Waals surface area contributed by atoms with Crippen LogP contribution in [0.4, 0.5) is 5.69 Å². The number of carbonyl (C=O) groups excluding carboxylic acids is 2. The van der Waals surface area contributed by atoms with E-state index in [9.17, 15) is 22.8 Å². The molecule has 1 aliphatic heterocycles. The molecule has 0 unspecified atom stereocenters. The van der Waals surface area contributed by atoms with Crippen LogP contribution in [0.2, 0.25) is 0 Å². The Hall–Kier alpha value is -2.95. The Morgan fingerprint density at radius 1 is 1.20 bits per heavy atom. The van der Waals surface area contributed by atoms with Gasteiger partial charge in [0.15, 0.2) is 9.84 Å². The van der Waals surface area contributed by atoms with Gasteiger partial charge in [0.2, 0.25) is 5.91 Å². The number of primary amides is 1. The van der Waals surface area contributed by atoms with Gasteiger partial charge in [-0.05, 0) is 26.0 Å². The summed E-state index contributed by atoms with van der Waals surface area (Å²) in [6, 6.07) is 3.08. The molecule has 0 radical (unpaired) electrons. The van der Waals surface area contributed by atoms with E-state index in [4.69, 9.17) is 5.73 Å². The fourth-order valence-corrected chi connectivity index (χ4v) is 4.82. The first kappa shape index (κ1) is 21.8. The monoisotopic (exact) mass is 435 g/mol. The van der Waals surface area contributed by atoms with E-state index >= 15 is 0 Å². The molecule has 2 amide bonds. The molecule has 0 aliphatic carbocycles. The number of nitrogens with two attached hydrogens (primary N) is 1. The zero-order chi connectivity index (χ0) is 22.1. The summed E-state index contributed by atoms with van der Waals surface area (Å²) < 4.78 is 24.7. The average Bonchev–Trinajstić information content (AvgIpc) is 2.70. The number of nitrogens with zero attached hydrogens (tertiary/aromatic N) is 4. The molecule has 0 atom stereocenters. The second-order valence-electron chi connectivity index (χ2n) is 7.09. The summed E-state index contributed by atoms with van der Waals surface area (Å²) in [5.41, 5.74) is 5.39. The maximum Gasteiger partial charge on any atom is 0.265 e. The van der Waals surface area contributed by atoms with Gasteiger partial charge >= 0.3 is 0 Å². The molecule has 3 rings (SSSR count). The minimum atomic E-state index is -3.08. The second-order valence-corrected chi connectivity index (χ2v) is 9.39. The molecule has 1 saturated heterocycles. The van der Waals surface area contributed by atoms with Crippen LogP contribution in [0.5, 0.6) is 0 Å². The number of anilines is 1. The molecule has 3 heterocycles. The summed E-state index contributed by atoms with van der Waals surface area (Å²) >= 11 is 0. The molecule has 0 aromatic carbocycles. The van der Waals surface area contributed by atoms with Crippen molar-refractivity contribution < 1.29 is 18.0 Å². The summed E-state index contributed by atoms with van der Waals surface area (Å²) in [5.74, 6) is -1.15. The first-order chi connectivity index (χ1) is 14.2. The van der Waals surface area contributed by atoms with E-state index in [2.05, 4.69) is 4.98 Å². The number of fused-ring (bicyclic) bond motifs is 1. The quantitative estimate of drug-likeness (QED) is 0.652. The van der Waals surface area contributed by atoms with Crippen molar-refractivity contribution >= 4 is 38.4 Å². The second kappa shape index (κ2) is 8.42. The maximum atomic E-state index is 12.9. The predicted molar refractivity (Wildman–Crippen MR) is 113 cm³/mol. The van der Waals surface area contributed by atoms with E-state index in [0.717, 1.165) is 0 Å². The van der Waals surface area contributed by atoms with Crippen LogP contribution in [0.1, 0.15) is 24.2 Å². The van der Waals surface area contributed by atoms with Crippen LogP contribution in [0, 0.1) is 0 Å². The number of hydrogen-bond acceptors (Lipinski definition) is 7. The molecule has 2 aromatic heterocycles. The molecule has 162 valence electrons. The molecule has 11 heteroatoms. The Morgan fingerprint density at radius 2 is 1.83 bits per heavy atom. The number of hydrogen-bond donors (Lipinski definition) is 1. The highest BCUT2D eigenvalue weighted by Crippen LogP contribution is 2.26. The smallest absolute Gasteiger partial charge is 0.265 e. The molecule has 1 aliphatic rings. The van der Waals surface area contributed by atoms with E-state index in [1.165, 1.54) is 16.8 Å². The van der Waals surface area contributed by atoms with Crippen LogP contribution in [0.3, 0.4) is 0 Å². The van der Waals surface area contributed by atoms with Crippen molar-refractivity contribution in [2.24, 2.45) is 5.73 Å². The third-order valence-electron chi connectivity index (χ3n) is 5.33. The van der Waals surface area contributed by atoms with Gasteiger partial charge < -0.3 is 15.5 Å². The Labute approximate surface area is 174 Å². The number of sulfone groups is 1. The van der Waals surface area contributed by atoms with Crippen LogP contribution >= 0.6 is 0 Å². The predicted octanol–water partition coefficient (Wildman–Crippen LogP) is -0.401. The maximum absolute atomic E-state index is 12.9. The molecule has 1 fully saturated rings. The molecule has 10 nitrogen and oxygen atoms in total. The number of likely N-dealkylation sites (N-methyl/N-ethyl adjacent to an activating group) is 1. The Morgan fingerprint density at radius 3 is 2.40 bits per heavy atom. The molecule has 30 heavy (non-hydrogen) atoms. The van der Waals surface area contributed by atoms with Gasteiger partial charge in [-0.25, -0.2) is 13.4 Å². The summed E-state index contributed by atoms with van der Waals surface area (Å²) in [6.45, 7) is 4.93. The van der Waals surface area contributed by atoms with Crippen molar-refractivity contribution in [1.82, 2.24) is 14.5 Å². The third kappa shape index (κ3) is 4.16. The minimum absolute atomic E-state index is 0.0135. The van der Waals surface area contributed by atoms with Crippen LogP contribution < -0.4 is 16.2 Å². The lowest BCUT2D eigenvalue weighted by Gasteiger charge is -2.30. The zero-order valence-electron chi connectivity index (χ0n) is 17.0. The summed E-state index contributed by atoms with van der Waals surface area (Å²) in [6.07, 6.45) is 1.50. The third-order valence-corrected chi connectivity index (χ3v) is 6.94. The number of aromatic nitrogens is 2. The summed E-state index contributed by atoms with van der Waals surface area (Å²) in [7, 11) is -3.08. The standard InChI is InChI=1S/C19H25N5O5S/c1-3-22(4-2)16(25)12-24-18-13(11-14(17(20)26)19(24)27)15(5-6-21-18)23-7-9-30(28,29)10-8-23/h5-6,11H,3-4,7-10,12H2,1-2H3,(H2,20,26). The Kier molecular flexibility index (Phi) is 6.11. The van der Waals surface area contributed by atoms with E-state index in [0.29, 0.717) is 24.2 Å². The van der Waals surface area contributed by atoms with Gasteiger partial charge in [0.05, 0.1) is 11.5 Å². The number of amides is 2. The van der Waals surface area contributed by atoms with Crippen molar-refractivity contribution in [2.45, 2.75) is 20.4 Å². The van der Waals surface area contributed by atoms with Gasteiger partial charge in [0, 0.05) is 43.4 Å². The lowest BCUT2D eigenvalue weighted by Crippen LogP contribution is -2.41. The summed E-state index contributed by atoms with van der Waals surface area (Å²) in [5, 5.41) is 0.470. The van der Waals surface area contributed by atoms with Crippen molar-refractivity contribution in [1.29, 1.82) is 0 Å². The van der Waals surface area contributed by atoms with Crippen LogP contribution in [-0.2, 0) is 21.2 Å². The molecule has 2 N–H and O–H groups in total. The van der Waals surface area contributed by atoms with E-state index < -0.39 is 21.3 Å². The van der Waals surface area contributed by atoms with Crippen LogP contribution in [0.25, 0.3) is 11.0 Å². The number of rotatable bonds is 6. The fourth-order valence-electron chi connectivity index (χ4n) is 3.62. The van der Waals surface area contributed by atoms with Crippen molar-refractivity contribution in [3.05, 3.63) is 34.2 Å². The fraction of sp³-hybridized carbons (Fsp3) is 0.474. The molecule has 0 spiro atoms. The largest absolute Gasteiger partial charge is 0.369 e. The Balaban J connectivity index is 2.16. The molecular weight excluding hydrogens is 410 g/mol. The van der Waals surface area contributed by atoms with E-state index in [-0.39, 0.29) is 48.3 Å². The molecule has 0 bridgehead atoms. The van der Waals surface area contributed by atoms with Gasteiger partial charge in [0.1, 0.15) is 17.8 Å². The Bertz CT molecular complexity index is 1140. The normalized spacial score (nSPS) is 15.9. The summed E-state index contributed by atoms with van der Waals surface area (Å²) in [4.78, 5) is 45.2. The van der Waals surface area contributed by atoms with E-state index in [1.54, 1.807) is 11.0 Å². The van der Waals surface area contributed by atoms with Crippen molar-refractivity contribution in [2.75, 3.05) is 42.6 Å². The molecule has 0 saturated carbocycles. The lowest BCUT2D eigenvalue weighted by atomic mass is 10.1. The van der Waals surface area contributed by atoms with Crippen LogP contribution in [-0.4, -0.2) is 72.4 Å². The highest BCUT2D eigenvalue weighted by Gasteiger charge is 2.25. The van der Waals surface area contributed by atoms with Gasteiger partial charge in [-0.1, -0.05) is 0 Å². The van der Waals surface area contributed by atoms with Crippen LogP contribution in [0.15, 0.2) is 23.1 Å². The van der Waals surface area contributed by atoms with Gasteiger partial charge in [0.25, 0.3) is 11.5 Å². The van der Waals surface area contributed by atoms with Gasteiger partial charge in [-0.3, -0.25) is 19.0 Å². The minimum Gasteiger partial charge on any atom is -0.369 e. The molecule has 2 aromatic rings. The number of carbonyl (C=O) groups is 2. The number of pyridine rings is 2. The SMILES string of the molecule is CCN(CC)C(=O)Cn1c(=O)c(C(N)=O)cc2c(N3CCS(=O)(=O)CC3)ccnc21. The molecular formula is C19H25N5O5S. The highest BCUT2D eigenvalue weighted by molar-refractivity contribution is 7.91. The van der Waals surface area contributed by atoms with Gasteiger partial charge in [-0.2, -0.15) is 0 Å². The van der Waals surface area contributed by atoms with Gasteiger partial charge in [-0.15, -0.1) is 0 Å². The topological polar surface area (TPSA) is 136 Å². The first-order valence-electron chi connectivity index (χ1n) is 9.74.